The van der Waals surface area contributed by atoms with Crippen LogP contribution in [0.3, 0.4) is 0 Å². The zero-order valence-electron chi connectivity index (χ0n) is 11.0. The number of ether oxygens (including phenoxy) is 1. The van der Waals surface area contributed by atoms with Gasteiger partial charge in [0.05, 0.1) is 0 Å². The minimum atomic E-state index is -4.70. The molecule has 7 heteroatoms. The summed E-state index contributed by atoms with van der Waals surface area (Å²) in [4.78, 5) is 0. The van der Waals surface area contributed by atoms with Gasteiger partial charge in [0.25, 0.3) is 0 Å². The molecule has 0 saturated heterocycles. The zero-order valence-corrected chi connectivity index (χ0v) is 13.4. The van der Waals surface area contributed by atoms with Gasteiger partial charge in [0, 0.05) is 16.1 Å². The van der Waals surface area contributed by atoms with Crippen LogP contribution in [0.4, 0.5) is 13.2 Å². The number of alkyl halides is 3. The van der Waals surface area contributed by atoms with E-state index in [1.54, 1.807) is 6.07 Å². The highest BCUT2D eigenvalue weighted by atomic mass is 79.9. The lowest BCUT2D eigenvalue weighted by molar-refractivity contribution is -0.275. The molecule has 0 radical (unpaired) electrons. The van der Waals surface area contributed by atoms with Crippen molar-refractivity contribution in [3.63, 3.8) is 0 Å². The predicted octanol–water partition coefficient (Wildman–Crippen LogP) is 5.35. The predicted molar refractivity (Wildman–Crippen MR) is 79.1 cm³/mol. The van der Waals surface area contributed by atoms with Gasteiger partial charge in [0.15, 0.2) is 0 Å². The minimum Gasteiger partial charge on any atom is -0.405 e. The first-order valence-corrected chi connectivity index (χ1v) is 6.93. The summed E-state index contributed by atoms with van der Waals surface area (Å²) in [5.74, 6) is -0.223. The molecule has 2 nitrogen and oxygen atoms in total. The lowest BCUT2D eigenvalue weighted by atomic mass is 10.0. The molecule has 0 amide bonds. The summed E-state index contributed by atoms with van der Waals surface area (Å²) in [5.41, 5.74) is 6.33. The van der Waals surface area contributed by atoms with Crippen LogP contribution >= 0.6 is 28.3 Å². The van der Waals surface area contributed by atoms with Gasteiger partial charge in [-0.15, -0.1) is 25.6 Å². The fraction of sp³-hybridized carbons (Fsp3) is 0.538. The highest BCUT2D eigenvalue weighted by Crippen LogP contribution is 2.33. The van der Waals surface area contributed by atoms with Crippen LogP contribution in [0.25, 0.3) is 0 Å². The zero-order chi connectivity index (χ0) is 14.5. The Morgan fingerprint density at radius 2 is 1.95 bits per heavy atom. The van der Waals surface area contributed by atoms with E-state index in [1.165, 1.54) is 12.1 Å². The SMILES string of the molecule is CCCCC[C@@H](N)c1cc(Br)ccc1OC(F)(F)F.Cl. The first-order valence-electron chi connectivity index (χ1n) is 6.14. The van der Waals surface area contributed by atoms with Crippen LogP contribution in [0.5, 0.6) is 5.75 Å². The molecular weight excluding hydrogens is 358 g/mol. The lowest BCUT2D eigenvalue weighted by Crippen LogP contribution is -2.20. The molecule has 0 unspecified atom stereocenters. The van der Waals surface area contributed by atoms with E-state index in [0.717, 1.165) is 19.3 Å². The van der Waals surface area contributed by atoms with Crippen LogP contribution in [0.1, 0.15) is 44.2 Å². The third kappa shape index (κ3) is 6.81. The van der Waals surface area contributed by atoms with Gasteiger partial charge in [-0.25, -0.2) is 0 Å². The third-order valence-electron chi connectivity index (χ3n) is 2.72. The maximum Gasteiger partial charge on any atom is 0.573 e. The van der Waals surface area contributed by atoms with Crippen LogP contribution in [-0.4, -0.2) is 6.36 Å². The van der Waals surface area contributed by atoms with Crippen LogP contribution < -0.4 is 10.5 Å². The molecule has 0 heterocycles. The Labute approximate surface area is 131 Å². The number of rotatable bonds is 6. The molecule has 0 aliphatic carbocycles. The Bertz CT molecular complexity index is 415. The second kappa shape index (κ2) is 8.74. The monoisotopic (exact) mass is 375 g/mol. The van der Waals surface area contributed by atoms with Crippen LogP contribution in [0.2, 0.25) is 0 Å². The molecule has 0 aromatic heterocycles. The summed E-state index contributed by atoms with van der Waals surface area (Å²) in [5, 5.41) is 0. The highest BCUT2D eigenvalue weighted by molar-refractivity contribution is 9.10. The van der Waals surface area contributed by atoms with Crippen molar-refractivity contribution in [1.82, 2.24) is 0 Å². The van der Waals surface area contributed by atoms with Gasteiger partial charge in [-0.05, 0) is 24.6 Å². The average molecular weight is 377 g/mol. The third-order valence-corrected chi connectivity index (χ3v) is 3.21. The summed E-state index contributed by atoms with van der Waals surface area (Å²) in [6, 6.07) is 3.91. The van der Waals surface area contributed by atoms with Crippen molar-refractivity contribution in [3.05, 3.63) is 28.2 Å². The van der Waals surface area contributed by atoms with Gasteiger partial charge in [-0.3, -0.25) is 0 Å². The number of nitrogens with two attached hydrogens (primary N) is 1. The second-order valence-electron chi connectivity index (χ2n) is 4.33. The van der Waals surface area contributed by atoms with Crippen molar-refractivity contribution in [2.24, 2.45) is 5.73 Å². The molecule has 20 heavy (non-hydrogen) atoms. The minimum absolute atomic E-state index is 0. The van der Waals surface area contributed by atoms with E-state index in [9.17, 15) is 13.2 Å². The number of hydrogen-bond donors (Lipinski definition) is 1. The molecule has 0 saturated carbocycles. The highest BCUT2D eigenvalue weighted by Gasteiger charge is 2.32. The van der Waals surface area contributed by atoms with E-state index in [0.29, 0.717) is 16.5 Å². The Hall–Kier alpha value is -0.460. The molecule has 0 fully saturated rings. The van der Waals surface area contributed by atoms with Crippen molar-refractivity contribution in [2.45, 2.75) is 45.0 Å². The fourth-order valence-corrected chi connectivity index (χ4v) is 2.18. The van der Waals surface area contributed by atoms with Gasteiger partial charge < -0.3 is 10.5 Å². The van der Waals surface area contributed by atoms with Crippen LogP contribution in [0, 0.1) is 0 Å². The van der Waals surface area contributed by atoms with Crippen molar-refractivity contribution in [3.8, 4) is 5.75 Å². The van der Waals surface area contributed by atoms with E-state index in [2.05, 4.69) is 27.6 Å². The average Bonchev–Trinajstić information content (AvgIpc) is 2.30. The van der Waals surface area contributed by atoms with Crippen molar-refractivity contribution in [2.75, 3.05) is 0 Å². The van der Waals surface area contributed by atoms with Crippen LogP contribution in [0.15, 0.2) is 22.7 Å². The molecule has 1 aromatic rings. The lowest BCUT2D eigenvalue weighted by Gasteiger charge is -2.18. The molecule has 0 aliphatic heterocycles. The maximum absolute atomic E-state index is 12.3. The van der Waals surface area contributed by atoms with Gasteiger partial charge >= 0.3 is 6.36 Å². The van der Waals surface area contributed by atoms with Gasteiger partial charge in [-0.1, -0.05) is 42.1 Å². The van der Waals surface area contributed by atoms with E-state index in [-0.39, 0.29) is 18.2 Å². The van der Waals surface area contributed by atoms with Crippen molar-refractivity contribution in [1.29, 1.82) is 0 Å². The van der Waals surface area contributed by atoms with E-state index >= 15 is 0 Å². The Balaban J connectivity index is 0.00000361. The summed E-state index contributed by atoms with van der Waals surface area (Å²) in [6.07, 6.45) is -1.13. The molecule has 1 aromatic carbocycles. The second-order valence-corrected chi connectivity index (χ2v) is 5.25. The van der Waals surface area contributed by atoms with E-state index in [4.69, 9.17) is 5.73 Å². The first kappa shape index (κ1) is 19.5. The Morgan fingerprint density at radius 3 is 2.50 bits per heavy atom. The molecule has 1 atom stereocenters. The number of halogens is 5. The normalized spacial score (nSPS) is 12.7. The number of benzene rings is 1. The van der Waals surface area contributed by atoms with Gasteiger partial charge in [-0.2, -0.15) is 0 Å². The molecule has 0 bridgehead atoms. The summed E-state index contributed by atoms with van der Waals surface area (Å²) < 4.78 is 41.6. The van der Waals surface area contributed by atoms with Gasteiger partial charge in [0.2, 0.25) is 0 Å². The van der Waals surface area contributed by atoms with Crippen molar-refractivity contribution < 1.29 is 17.9 Å². The Morgan fingerprint density at radius 1 is 1.30 bits per heavy atom. The standard InChI is InChI=1S/C13H17BrF3NO.ClH/c1-2-3-4-5-11(18)10-8-9(14)6-7-12(10)19-13(15,16)17;/h6-8,11H,2-5,18H2,1H3;1H/t11-;/m1./s1. The summed E-state index contributed by atoms with van der Waals surface area (Å²) >= 11 is 3.23. The molecule has 1 rings (SSSR count). The molecule has 2 N–H and O–H groups in total. The number of hydrogen-bond acceptors (Lipinski definition) is 2. The largest absolute Gasteiger partial charge is 0.573 e. The summed E-state index contributed by atoms with van der Waals surface area (Å²) in [6.45, 7) is 2.06. The first-order chi connectivity index (χ1) is 8.83. The molecule has 116 valence electrons. The Kier molecular flexibility index (Phi) is 8.54. The van der Waals surface area contributed by atoms with Crippen LogP contribution in [-0.2, 0) is 0 Å². The molecular formula is C13H18BrClF3NO. The van der Waals surface area contributed by atoms with Gasteiger partial charge in [0.1, 0.15) is 5.75 Å². The van der Waals surface area contributed by atoms with E-state index < -0.39 is 12.4 Å². The quantitative estimate of drug-likeness (QED) is 0.679. The molecule has 0 aliphatic rings. The summed E-state index contributed by atoms with van der Waals surface area (Å²) in [7, 11) is 0. The topological polar surface area (TPSA) is 35.2 Å². The van der Waals surface area contributed by atoms with Crippen molar-refractivity contribution >= 4 is 28.3 Å². The van der Waals surface area contributed by atoms with E-state index in [1.807, 2.05) is 0 Å². The fourth-order valence-electron chi connectivity index (χ4n) is 1.80. The number of unbranched alkanes of at least 4 members (excludes halogenated alkanes) is 2. The smallest absolute Gasteiger partial charge is 0.405 e. The maximum atomic E-state index is 12.3. The molecule has 0 spiro atoms.